The van der Waals surface area contributed by atoms with E-state index in [1.165, 1.54) is 4.90 Å². The number of nitrogens with zero attached hydrogens (tertiary/aromatic N) is 2. The molecule has 9 nitrogen and oxygen atoms in total. The molecule has 4 amide bonds. The minimum absolute atomic E-state index is 0.00448. The molecule has 1 saturated carbocycles. The topological polar surface area (TPSA) is 131 Å². The summed E-state index contributed by atoms with van der Waals surface area (Å²) in [5.41, 5.74) is -1.16. The van der Waals surface area contributed by atoms with Gasteiger partial charge in [-0.05, 0) is 35.5 Å². The second kappa shape index (κ2) is 9.56. The molecule has 1 aliphatic carbocycles. The molecule has 2 heterocycles. The number of hydrogen-bond acceptors (Lipinski definition) is 5. The third-order valence-electron chi connectivity index (χ3n) is 7.69. The summed E-state index contributed by atoms with van der Waals surface area (Å²) in [6.45, 7) is 9.54. The maximum atomic E-state index is 13.6. The number of piperidine rings is 1. The monoisotopic (exact) mass is 513 g/mol. The molecule has 3 fully saturated rings. The first-order valence-corrected chi connectivity index (χ1v) is 12.1. The SMILES string of the molecule is CC(C)(C)[C@H](NC(=O)CC(F)(F)F)C(=O)N1C[C@H]2[C@@H]([C@H]1C(=O)N[C@H](C#N)C[C@@H]1CCNC1=O)C2(C)C. The summed E-state index contributed by atoms with van der Waals surface area (Å²) < 4.78 is 38.2. The van der Waals surface area contributed by atoms with E-state index >= 15 is 0 Å². The Bertz CT molecular complexity index is 968. The van der Waals surface area contributed by atoms with Crippen molar-refractivity contribution in [3.05, 3.63) is 0 Å². The molecule has 0 unspecified atom stereocenters. The number of carbonyl (C=O) groups excluding carboxylic acids is 4. The molecular formula is C24H34F3N5O4. The van der Waals surface area contributed by atoms with Crippen LogP contribution in [0.25, 0.3) is 0 Å². The van der Waals surface area contributed by atoms with Crippen molar-refractivity contribution < 1.29 is 32.3 Å². The highest BCUT2D eigenvalue weighted by Gasteiger charge is 2.69. The van der Waals surface area contributed by atoms with Crippen molar-refractivity contribution in [1.82, 2.24) is 20.9 Å². The van der Waals surface area contributed by atoms with Crippen LogP contribution in [-0.2, 0) is 19.2 Å². The molecule has 200 valence electrons. The van der Waals surface area contributed by atoms with E-state index in [1.807, 2.05) is 19.9 Å². The number of hydrogen-bond donors (Lipinski definition) is 3. The van der Waals surface area contributed by atoms with Gasteiger partial charge in [-0.25, -0.2) is 0 Å². The molecule has 0 aromatic carbocycles. The van der Waals surface area contributed by atoms with Crippen LogP contribution in [0.5, 0.6) is 0 Å². The van der Waals surface area contributed by atoms with Crippen LogP contribution < -0.4 is 16.0 Å². The van der Waals surface area contributed by atoms with E-state index in [0.29, 0.717) is 13.0 Å². The lowest BCUT2D eigenvalue weighted by Crippen LogP contribution is -2.60. The zero-order valence-corrected chi connectivity index (χ0v) is 21.2. The Morgan fingerprint density at radius 1 is 1.22 bits per heavy atom. The number of alkyl halides is 3. The van der Waals surface area contributed by atoms with Crippen LogP contribution >= 0.6 is 0 Å². The minimum Gasteiger partial charge on any atom is -0.356 e. The van der Waals surface area contributed by atoms with Gasteiger partial charge in [0.15, 0.2) is 0 Å². The molecule has 12 heteroatoms. The lowest BCUT2D eigenvalue weighted by molar-refractivity contribution is -0.157. The smallest absolute Gasteiger partial charge is 0.356 e. The number of amides is 4. The van der Waals surface area contributed by atoms with Crippen molar-refractivity contribution in [2.75, 3.05) is 13.1 Å². The maximum Gasteiger partial charge on any atom is 0.397 e. The predicted octanol–water partition coefficient (Wildman–Crippen LogP) is 1.49. The maximum absolute atomic E-state index is 13.6. The Morgan fingerprint density at radius 3 is 2.36 bits per heavy atom. The molecule has 0 radical (unpaired) electrons. The van der Waals surface area contributed by atoms with E-state index in [-0.39, 0.29) is 36.1 Å². The molecule has 36 heavy (non-hydrogen) atoms. The summed E-state index contributed by atoms with van der Waals surface area (Å²) in [6.07, 6.45) is -5.73. The summed E-state index contributed by atoms with van der Waals surface area (Å²) in [6, 6.07) is -1.14. The van der Waals surface area contributed by atoms with E-state index in [2.05, 4.69) is 16.0 Å². The Balaban J connectivity index is 1.79. The van der Waals surface area contributed by atoms with Gasteiger partial charge in [-0.3, -0.25) is 19.2 Å². The third-order valence-corrected chi connectivity index (χ3v) is 7.69. The molecule has 3 rings (SSSR count). The van der Waals surface area contributed by atoms with Crippen LogP contribution in [-0.4, -0.2) is 65.9 Å². The van der Waals surface area contributed by atoms with Crippen LogP contribution in [0, 0.1) is 39.9 Å². The van der Waals surface area contributed by atoms with Crippen molar-refractivity contribution >= 4 is 23.6 Å². The van der Waals surface area contributed by atoms with E-state index in [1.54, 1.807) is 20.8 Å². The van der Waals surface area contributed by atoms with Gasteiger partial charge in [-0.1, -0.05) is 34.6 Å². The zero-order valence-electron chi connectivity index (χ0n) is 21.2. The van der Waals surface area contributed by atoms with Crippen LogP contribution in [0.4, 0.5) is 13.2 Å². The van der Waals surface area contributed by atoms with Crippen molar-refractivity contribution in [1.29, 1.82) is 5.26 Å². The summed E-state index contributed by atoms with van der Waals surface area (Å²) in [7, 11) is 0. The first-order valence-electron chi connectivity index (χ1n) is 12.1. The molecule has 2 aliphatic heterocycles. The lowest BCUT2D eigenvalue weighted by Gasteiger charge is -2.37. The highest BCUT2D eigenvalue weighted by molar-refractivity contribution is 5.94. The Labute approximate surface area is 208 Å². The lowest BCUT2D eigenvalue weighted by atomic mass is 9.85. The molecule has 0 spiro atoms. The summed E-state index contributed by atoms with van der Waals surface area (Å²) in [4.78, 5) is 52.3. The van der Waals surface area contributed by atoms with Crippen LogP contribution in [0.2, 0.25) is 0 Å². The quantitative estimate of drug-likeness (QED) is 0.475. The standard InChI is InChI=1S/C24H34F3N5O4/c1-22(2,3)18(31-15(33)9-24(25,26)27)21(36)32-11-14-16(23(14,4)5)17(32)20(35)30-13(10-28)8-12-6-7-29-19(12)34/h12-14,16-18H,6-9,11H2,1-5H3,(H,29,34)(H,30,35)(H,31,33)/t12-,13-,14-,16-,17-,18+/m0/s1. The molecule has 6 atom stereocenters. The zero-order chi connectivity index (χ0) is 27.2. The molecule has 0 bridgehead atoms. The van der Waals surface area contributed by atoms with Crippen molar-refractivity contribution in [3.63, 3.8) is 0 Å². The van der Waals surface area contributed by atoms with Gasteiger partial charge < -0.3 is 20.9 Å². The number of halogens is 3. The summed E-state index contributed by atoms with van der Waals surface area (Å²) in [5, 5.41) is 17.2. The van der Waals surface area contributed by atoms with Gasteiger partial charge in [0.25, 0.3) is 0 Å². The second-order valence-corrected chi connectivity index (χ2v) is 11.8. The number of nitrogens with one attached hydrogen (secondary N) is 3. The van der Waals surface area contributed by atoms with Gasteiger partial charge in [-0.2, -0.15) is 18.4 Å². The Hall–Kier alpha value is -2.84. The normalized spacial score (nSPS) is 28.4. The van der Waals surface area contributed by atoms with Gasteiger partial charge in [-0.15, -0.1) is 0 Å². The fourth-order valence-electron chi connectivity index (χ4n) is 5.58. The van der Waals surface area contributed by atoms with Gasteiger partial charge >= 0.3 is 6.18 Å². The fraction of sp³-hybridized carbons (Fsp3) is 0.792. The van der Waals surface area contributed by atoms with Crippen LogP contribution in [0.1, 0.15) is 53.9 Å². The Morgan fingerprint density at radius 2 is 1.86 bits per heavy atom. The molecular weight excluding hydrogens is 479 g/mol. The van der Waals surface area contributed by atoms with E-state index in [9.17, 15) is 37.6 Å². The molecule has 3 aliphatic rings. The van der Waals surface area contributed by atoms with E-state index < -0.39 is 59.8 Å². The van der Waals surface area contributed by atoms with Crippen LogP contribution in [0.3, 0.4) is 0 Å². The number of likely N-dealkylation sites (tertiary alicyclic amines) is 1. The first kappa shape index (κ1) is 27.7. The van der Waals surface area contributed by atoms with Gasteiger partial charge in [0.05, 0.1) is 6.07 Å². The van der Waals surface area contributed by atoms with Crippen molar-refractivity contribution in [2.24, 2.45) is 28.6 Å². The van der Waals surface area contributed by atoms with E-state index in [4.69, 9.17) is 0 Å². The first-order chi connectivity index (χ1) is 16.5. The molecule has 2 saturated heterocycles. The summed E-state index contributed by atoms with van der Waals surface area (Å²) >= 11 is 0. The van der Waals surface area contributed by atoms with Gasteiger partial charge in [0, 0.05) is 19.0 Å². The predicted molar refractivity (Wildman–Crippen MR) is 122 cm³/mol. The van der Waals surface area contributed by atoms with E-state index in [0.717, 1.165) is 0 Å². The summed E-state index contributed by atoms with van der Waals surface area (Å²) in [5.74, 6) is -3.25. The molecule has 3 N–H and O–H groups in total. The average molecular weight is 514 g/mol. The number of nitriles is 1. The largest absolute Gasteiger partial charge is 0.397 e. The molecule has 0 aromatic rings. The van der Waals surface area contributed by atoms with Gasteiger partial charge in [0.2, 0.25) is 23.6 Å². The van der Waals surface area contributed by atoms with Gasteiger partial charge in [0.1, 0.15) is 24.5 Å². The van der Waals surface area contributed by atoms with Crippen molar-refractivity contribution in [2.45, 2.75) is 78.2 Å². The number of fused-ring (bicyclic) bond motifs is 1. The highest BCUT2D eigenvalue weighted by Crippen LogP contribution is 2.65. The minimum atomic E-state index is -4.72. The fourth-order valence-corrected chi connectivity index (χ4v) is 5.58. The average Bonchev–Trinajstić information content (AvgIpc) is 3.08. The second-order valence-electron chi connectivity index (χ2n) is 11.8. The van der Waals surface area contributed by atoms with Crippen molar-refractivity contribution in [3.8, 4) is 6.07 Å². The number of rotatable bonds is 7. The molecule has 0 aromatic heterocycles. The highest BCUT2D eigenvalue weighted by atomic mass is 19.4. The number of carbonyl (C=O) groups is 4. The third kappa shape index (κ3) is 5.76. The van der Waals surface area contributed by atoms with Crippen LogP contribution in [0.15, 0.2) is 0 Å². The Kier molecular flexibility index (Phi) is 7.37.